The summed E-state index contributed by atoms with van der Waals surface area (Å²) in [5.41, 5.74) is 2.24. The molecule has 22 heavy (non-hydrogen) atoms. The molecule has 0 spiro atoms. The van der Waals surface area contributed by atoms with Crippen LogP contribution < -0.4 is 15.5 Å². The van der Waals surface area contributed by atoms with Crippen molar-refractivity contribution in [2.24, 2.45) is 0 Å². The molecule has 118 valence electrons. The second-order valence-corrected chi connectivity index (χ2v) is 5.24. The number of rotatable bonds is 7. The summed E-state index contributed by atoms with van der Waals surface area (Å²) < 4.78 is 6.95. The van der Waals surface area contributed by atoms with E-state index in [1.54, 1.807) is 17.9 Å². The lowest BCUT2D eigenvalue weighted by Crippen LogP contribution is -2.25. The van der Waals surface area contributed by atoms with Gasteiger partial charge in [0.25, 0.3) is 0 Å². The second-order valence-electron chi connectivity index (χ2n) is 5.24. The Bertz CT molecular complexity index is 663. The molecule has 1 N–H and O–H groups in total. The van der Waals surface area contributed by atoms with Crippen molar-refractivity contribution in [1.29, 1.82) is 0 Å². The van der Waals surface area contributed by atoms with E-state index in [2.05, 4.69) is 17.3 Å². The third-order valence-electron chi connectivity index (χ3n) is 3.50. The van der Waals surface area contributed by atoms with Gasteiger partial charge in [-0.15, -0.1) is 0 Å². The Morgan fingerprint density at radius 2 is 2.00 bits per heavy atom. The van der Waals surface area contributed by atoms with Gasteiger partial charge in [-0.2, -0.15) is 5.10 Å². The van der Waals surface area contributed by atoms with Gasteiger partial charge in [0.15, 0.2) is 0 Å². The van der Waals surface area contributed by atoms with Crippen molar-refractivity contribution in [3.63, 3.8) is 0 Å². The minimum Gasteiger partial charge on any atom is -0.497 e. The van der Waals surface area contributed by atoms with Crippen molar-refractivity contribution in [1.82, 2.24) is 15.1 Å². The van der Waals surface area contributed by atoms with Crippen LogP contribution in [0.1, 0.15) is 31.2 Å². The standard InChI is InChI=1S/C17H23N3O2/c1-4-5-10-18-12-16-17(21)11-13(2)20(19-16)14-6-8-15(22-3)9-7-14/h6-9,11,18H,4-5,10,12H2,1-3H3. The number of ether oxygens (including phenoxy) is 1. The number of hydrogen-bond donors (Lipinski definition) is 1. The molecule has 0 saturated carbocycles. The summed E-state index contributed by atoms with van der Waals surface area (Å²) in [6.45, 7) is 5.42. The van der Waals surface area contributed by atoms with Crippen molar-refractivity contribution in [3.05, 3.63) is 51.9 Å². The Hall–Kier alpha value is -2.14. The van der Waals surface area contributed by atoms with Crippen LogP contribution in [-0.2, 0) is 6.54 Å². The fraction of sp³-hybridized carbons (Fsp3) is 0.412. The molecular weight excluding hydrogens is 278 g/mol. The predicted molar refractivity (Wildman–Crippen MR) is 87.7 cm³/mol. The Morgan fingerprint density at radius 1 is 1.27 bits per heavy atom. The number of aryl methyl sites for hydroxylation is 1. The zero-order valence-corrected chi connectivity index (χ0v) is 13.4. The summed E-state index contributed by atoms with van der Waals surface area (Å²) in [6.07, 6.45) is 2.23. The molecule has 1 aromatic heterocycles. The van der Waals surface area contributed by atoms with Gasteiger partial charge in [-0.25, -0.2) is 4.68 Å². The number of nitrogens with one attached hydrogen (secondary N) is 1. The Morgan fingerprint density at radius 3 is 2.64 bits per heavy atom. The van der Waals surface area contributed by atoms with Crippen LogP contribution in [0.2, 0.25) is 0 Å². The monoisotopic (exact) mass is 301 g/mol. The van der Waals surface area contributed by atoms with Crippen molar-refractivity contribution in [2.75, 3.05) is 13.7 Å². The molecule has 0 aliphatic rings. The largest absolute Gasteiger partial charge is 0.497 e. The van der Waals surface area contributed by atoms with Gasteiger partial charge < -0.3 is 10.1 Å². The van der Waals surface area contributed by atoms with Crippen LogP contribution in [0.4, 0.5) is 0 Å². The zero-order chi connectivity index (χ0) is 15.9. The second kappa shape index (κ2) is 7.75. The molecule has 0 saturated heterocycles. The van der Waals surface area contributed by atoms with Crippen molar-refractivity contribution < 1.29 is 4.74 Å². The fourth-order valence-electron chi connectivity index (χ4n) is 2.20. The molecule has 0 bridgehead atoms. The lowest BCUT2D eigenvalue weighted by molar-refractivity contribution is 0.414. The van der Waals surface area contributed by atoms with Gasteiger partial charge >= 0.3 is 0 Å². The van der Waals surface area contributed by atoms with E-state index in [4.69, 9.17) is 4.74 Å². The van der Waals surface area contributed by atoms with E-state index in [0.717, 1.165) is 36.5 Å². The highest BCUT2D eigenvalue weighted by molar-refractivity contribution is 5.37. The molecule has 0 amide bonds. The van der Waals surface area contributed by atoms with Crippen molar-refractivity contribution in [2.45, 2.75) is 33.2 Å². The molecule has 1 heterocycles. The van der Waals surface area contributed by atoms with Crippen LogP contribution in [0.15, 0.2) is 35.1 Å². The average molecular weight is 301 g/mol. The summed E-state index contributed by atoms with van der Waals surface area (Å²) in [4.78, 5) is 12.1. The molecule has 5 heteroatoms. The average Bonchev–Trinajstić information content (AvgIpc) is 2.53. The van der Waals surface area contributed by atoms with Gasteiger partial charge in [0.05, 0.1) is 12.8 Å². The minimum atomic E-state index is -0.0220. The minimum absolute atomic E-state index is 0.0220. The third kappa shape index (κ3) is 3.95. The topological polar surface area (TPSA) is 56.1 Å². The normalized spacial score (nSPS) is 10.7. The maximum absolute atomic E-state index is 12.1. The van der Waals surface area contributed by atoms with Crippen LogP contribution in [0.5, 0.6) is 5.75 Å². The first-order valence-electron chi connectivity index (χ1n) is 7.60. The van der Waals surface area contributed by atoms with Gasteiger partial charge in [-0.3, -0.25) is 4.79 Å². The highest BCUT2D eigenvalue weighted by atomic mass is 16.5. The molecule has 2 rings (SSSR count). The van der Waals surface area contributed by atoms with E-state index in [9.17, 15) is 4.79 Å². The predicted octanol–water partition coefficient (Wildman–Crippen LogP) is 2.44. The van der Waals surface area contributed by atoms with Gasteiger partial charge in [-0.1, -0.05) is 13.3 Å². The maximum Gasteiger partial charge on any atom is 0.204 e. The van der Waals surface area contributed by atoms with E-state index in [1.165, 1.54) is 0 Å². The molecule has 0 radical (unpaired) electrons. The third-order valence-corrected chi connectivity index (χ3v) is 3.50. The number of methoxy groups -OCH3 is 1. The SMILES string of the molecule is CCCCNCc1nn(-c2ccc(OC)cc2)c(C)cc1=O. The molecule has 0 atom stereocenters. The lowest BCUT2D eigenvalue weighted by Gasteiger charge is -2.12. The number of nitrogens with zero attached hydrogens (tertiary/aromatic N) is 2. The highest BCUT2D eigenvalue weighted by Gasteiger charge is 2.07. The van der Waals surface area contributed by atoms with Gasteiger partial charge in [0, 0.05) is 18.3 Å². The Balaban J connectivity index is 2.25. The quantitative estimate of drug-likeness (QED) is 0.798. The summed E-state index contributed by atoms with van der Waals surface area (Å²) in [6, 6.07) is 9.25. The smallest absolute Gasteiger partial charge is 0.204 e. The van der Waals surface area contributed by atoms with Crippen LogP contribution >= 0.6 is 0 Å². The molecule has 0 unspecified atom stereocenters. The summed E-state index contributed by atoms with van der Waals surface area (Å²) >= 11 is 0. The van der Waals surface area contributed by atoms with E-state index in [1.807, 2.05) is 31.2 Å². The van der Waals surface area contributed by atoms with Crippen molar-refractivity contribution >= 4 is 0 Å². The first kappa shape index (κ1) is 16.2. The molecule has 0 aliphatic carbocycles. The van der Waals surface area contributed by atoms with Crippen LogP contribution in [0.25, 0.3) is 5.69 Å². The molecule has 1 aromatic carbocycles. The van der Waals surface area contributed by atoms with E-state index < -0.39 is 0 Å². The first-order valence-corrected chi connectivity index (χ1v) is 7.60. The number of benzene rings is 1. The molecule has 2 aromatic rings. The van der Waals surface area contributed by atoms with Crippen LogP contribution in [-0.4, -0.2) is 23.4 Å². The van der Waals surface area contributed by atoms with Gasteiger partial charge in [-0.05, 0) is 44.2 Å². The number of aromatic nitrogens is 2. The highest BCUT2D eigenvalue weighted by Crippen LogP contribution is 2.15. The molecular formula is C17H23N3O2. The van der Waals surface area contributed by atoms with E-state index in [0.29, 0.717) is 12.2 Å². The first-order chi connectivity index (χ1) is 10.7. The van der Waals surface area contributed by atoms with Gasteiger partial charge in [0.1, 0.15) is 11.4 Å². The maximum atomic E-state index is 12.1. The molecule has 0 fully saturated rings. The van der Waals surface area contributed by atoms with Crippen LogP contribution in [0, 0.1) is 6.92 Å². The zero-order valence-electron chi connectivity index (χ0n) is 13.4. The summed E-state index contributed by atoms with van der Waals surface area (Å²) in [5, 5.41) is 7.76. The number of unbranched alkanes of at least 4 members (excludes halogenated alkanes) is 1. The van der Waals surface area contributed by atoms with Crippen molar-refractivity contribution in [3.8, 4) is 11.4 Å². The Labute approximate surface area is 130 Å². The summed E-state index contributed by atoms with van der Waals surface area (Å²) in [5.74, 6) is 0.795. The summed E-state index contributed by atoms with van der Waals surface area (Å²) in [7, 11) is 1.64. The van der Waals surface area contributed by atoms with E-state index >= 15 is 0 Å². The number of hydrogen-bond acceptors (Lipinski definition) is 4. The van der Waals surface area contributed by atoms with Crippen LogP contribution in [0.3, 0.4) is 0 Å². The molecule has 0 aliphatic heterocycles. The Kier molecular flexibility index (Phi) is 5.72. The molecule has 5 nitrogen and oxygen atoms in total. The lowest BCUT2D eigenvalue weighted by atomic mass is 10.2. The fourth-order valence-corrected chi connectivity index (χ4v) is 2.20. The van der Waals surface area contributed by atoms with E-state index in [-0.39, 0.29) is 5.43 Å². The van der Waals surface area contributed by atoms with Gasteiger partial charge in [0.2, 0.25) is 5.43 Å².